The lowest BCUT2D eigenvalue weighted by molar-refractivity contribution is -0.150. The molecule has 0 aliphatic heterocycles. The predicted molar refractivity (Wildman–Crippen MR) is 76.6 cm³/mol. The van der Waals surface area contributed by atoms with Crippen molar-refractivity contribution in [3.63, 3.8) is 0 Å². The number of alkyl halides is 1. The first-order valence-electron chi connectivity index (χ1n) is 7.11. The first-order valence-corrected chi connectivity index (χ1v) is 7.11. The van der Waals surface area contributed by atoms with Gasteiger partial charge in [-0.15, -0.1) is 0 Å². The van der Waals surface area contributed by atoms with Crippen molar-refractivity contribution in [2.45, 2.75) is 50.7 Å². The van der Waals surface area contributed by atoms with Crippen LogP contribution < -0.4 is 5.32 Å². The minimum absolute atomic E-state index is 0.265. The maximum atomic E-state index is 13.8. The number of carbonyl (C=O) groups excluding carboxylic acids is 1. The van der Waals surface area contributed by atoms with E-state index in [1.807, 2.05) is 12.1 Å². The summed E-state index contributed by atoms with van der Waals surface area (Å²) < 4.78 is 13.8. The number of aliphatic carboxylic acids is 1. The average Bonchev–Trinajstić information content (AvgIpc) is 2.59. The highest BCUT2D eigenvalue weighted by Gasteiger charge is 2.46. The zero-order chi connectivity index (χ0) is 15.7. The monoisotopic (exact) mass is 293 g/mol. The lowest BCUT2D eigenvalue weighted by Crippen LogP contribution is -2.56. The van der Waals surface area contributed by atoms with Crippen LogP contribution in [0.15, 0.2) is 24.3 Å². The number of fused-ring (bicyclic) bond motifs is 1. The van der Waals surface area contributed by atoms with Crippen molar-refractivity contribution in [3.05, 3.63) is 35.4 Å². The van der Waals surface area contributed by atoms with E-state index in [2.05, 4.69) is 5.32 Å². The standard InChI is InChI=1S/C16H20FNO3/c1-15(2,17)13(19)18-16(14(20)21)10-6-5-8-11-7-3-4-9-12(11)16/h3-4,7,9H,5-6,8,10H2,1-2H3,(H,18,19)(H,20,21). The van der Waals surface area contributed by atoms with E-state index in [1.54, 1.807) is 12.1 Å². The molecule has 1 aromatic carbocycles. The summed E-state index contributed by atoms with van der Waals surface area (Å²) in [5.41, 5.74) is -2.21. The molecule has 1 atom stereocenters. The van der Waals surface area contributed by atoms with Gasteiger partial charge in [-0.25, -0.2) is 9.18 Å². The highest BCUT2D eigenvalue weighted by atomic mass is 19.1. The quantitative estimate of drug-likeness (QED) is 0.842. The van der Waals surface area contributed by atoms with Gasteiger partial charge in [0.25, 0.3) is 5.91 Å². The van der Waals surface area contributed by atoms with Crippen LogP contribution in [0.5, 0.6) is 0 Å². The summed E-state index contributed by atoms with van der Waals surface area (Å²) in [7, 11) is 0. The molecule has 0 saturated heterocycles. The first-order chi connectivity index (χ1) is 9.77. The number of nitrogens with one attached hydrogen (secondary N) is 1. The number of hydrogen-bond acceptors (Lipinski definition) is 2. The van der Waals surface area contributed by atoms with Crippen molar-refractivity contribution in [2.24, 2.45) is 0 Å². The van der Waals surface area contributed by atoms with Crippen molar-refractivity contribution >= 4 is 11.9 Å². The Labute approximate surface area is 123 Å². The van der Waals surface area contributed by atoms with E-state index in [0.717, 1.165) is 32.3 Å². The molecule has 0 saturated carbocycles. The second kappa shape index (κ2) is 5.47. The molecule has 0 bridgehead atoms. The molecule has 0 heterocycles. The minimum Gasteiger partial charge on any atom is -0.479 e. The fourth-order valence-electron chi connectivity index (χ4n) is 2.74. The SMILES string of the molecule is CC(C)(F)C(=O)NC1(C(=O)O)CCCCc2ccccc21. The number of benzene rings is 1. The van der Waals surface area contributed by atoms with Gasteiger partial charge in [0.05, 0.1) is 0 Å². The Balaban J connectivity index is 2.52. The van der Waals surface area contributed by atoms with Gasteiger partial charge in [-0.3, -0.25) is 4.79 Å². The number of carbonyl (C=O) groups is 2. The molecule has 1 aliphatic carbocycles. The van der Waals surface area contributed by atoms with Gasteiger partial charge < -0.3 is 10.4 Å². The summed E-state index contributed by atoms with van der Waals surface area (Å²) in [5.74, 6) is -2.05. The van der Waals surface area contributed by atoms with Gasteiger partial charge in [0.1, 0.15) is 0 Å². The molecule has 1 aliphatic rings. The van der Waals surface area contributed by atoms with Crippen molar-refractivity contribution in [1.29, 1.82) is 0 Å². The van der Waals surface area contributed by atoms with Gasteiger partial charge in [-0.05, 0) is 50.7 Å². The van der Waals surface area contributed by atoms with Gasteiger partial charge in [0.2, 0.25) is 0 Å². The third-order valence-electron chi connectivity index (χ3n) is 3.96. The van der Waals surface area contributed by atoms with Gasteiger partial charge >= 0.3 is 5.97 Å². The molecule has 0 spiro atoms. The molecular weight excluding hydrogens is 273 g/mol. The Hall–Kier alpha value is -1.91. The molecule has 0 aromatic heterocycles. The fraction of sp³-hybridized carbons (Fsp3) is 0.500. The Kier molecular flexibility index (Phi) is 4.03. The summed E-state index contributed by atoms with van der Waals surface area (Å²) in [6.45, 7) is 2.25. The molecule has 0 fully saturated rings. The highest BCUT2D eigenvalue weighted by Crippen LogP contribution is 2.35. The molecule has 0 radical (unpaired) electrons. The number of halogens is 1. The van der Waals surface area contributed by atoms with Crippen molar-refractivity contribution < 1.29 is 19.1 Å². The average molecular weight is 293 g/mol. The lowest BCUT2D eigenvalue weighted by Gasteiger charge is -2.33. The maximum Gasteiger partial charge on any atom is 0.334 e. The number of carboxylic acid groups (broad SMARTS) is 1. The van der Waals surface area contributed by atoms with Crippen molar-refractivity contribution in [2.75, 3.05) is 0 Å². The van der Waals surface area contributed by atoms with Gasteiger partial charge in [-0.1, -0.05) is 24.3 Å². The summed E-state index contributed by atoms with van der Waals surface area (Å²) in [6.07, 6.45) is 2.54. The van der Waals surface area contributed by atoms with E-state index in [9.17, 15) is 19.1 Å². The van der Waals surface area contributed by atoms with E-state index in [0.29, 0.717) is 12.0 Å². The smallest absolute Gasteiger partial charge is 0.334 e. The summed E-state index contributed by atoms with van der Waals surface area (Å²) in [6, 6.07) is 7.16. The molecule has 114 valence electrons. The van der Waals surface area contributed by atoms with Crippen LogP contribution >= 0.6 is 0 Å². The van der Waals surface area contributed by atoms with Crippen LogP contribution in [0.1, 0.15) is 44.2 Å². The van der Waals surface area contributed by atoms with Crippen LogP contribution in [-0.2, 0) is 21.5 Å². The Bertz CT molecular complexity index is 565. The Morgan fingerprint density at radius 2 is 1.95 bits per heavy atom. The van der Waals surface area contributed by atoms with Crippen molar-refractivity contribution in [1.82, 2.24) is 5.32 Å². The van der Waals surface area contributed by atoms with Crippen LogP contribution in [0.3, 0.4) is 0 Å². The summed E-state index contributed by atoms with van der Waals surface area (Å²) >= 11 is 0. The molecule has 1 aromatic rings. The maximum absolute atomic E-state index is 13.8. The van der Waals surface area contributed by atoms with E-state index >= 15 is 0 Å². The second-order valence-corrected chi connectivity index (χ2v) is 6.00. The largest absolute Gasteiger partial charge is 0.479 e. The number of aryl methyl sites for hydroxylation is 1. The first kappa shape index (κ1) is 15.5. The number of amides is 1. The van der Waals surface area contributed by atoms with Gasteiger partial charge in [0.15, 0.2) is 11.2 Å². The predicted octanol–water partition coefficient (Wildman–Crippen LogP) is 2.56. The third-order valence-corrected chi connectivity index (χ3v) is 3.96. The van der Waals surface area contributed by atoms with Crippen LogP contribution in [0.4, 0.5) is 4.39 Å². The van der Waals surface area contributed by atoms with Crippen molar-refractivity contribution in [3.8, 4) is 0 Å². The number of carboxylic acids is 1. The zero-order valence-corrected chi connectivity index (χ0v) is 12.3. The van der Waals surface area contributed by atoms with E-state index < -0.39 is 23.1 Å². The molecule has 1 unspecified atom stereocenters. The van der Waals surface area contributed by atoms with Crippen LogP contribution in [0, 0.1) is 0 Å². The summed E-state index contributed by atoms with van der Waals surface area (Å²) in [5, 5.41) is 12.2. The second-order valence-electron chi connectivity index (χ2n) is 6.00. The van der Waals surface area contributed by atoms with E-state index in [4.69, 9.17) is 0 Å². The number of rotatable bonds is 3. The molecule has 1 amide bonds. The highest BCUT2D eigenvalue weighted by molar-refractivity contribution is 5.92. The Morgan fingerprint density at radius 1 is 1.29 bits per heavy atom. The van der Waals surface area contributed by atoms with E-state index in [1.165, 1.54) is 0 Å². The third kappa shape index (κ3) is 2.91. The fourth-order valence-corrected chi connectivity index (χ4v) is 2.74. The number of hydrogen-bond donors (Lipinski definition) is 2. The van der Waals surface area contributed by atoms with E-state index in [-0.39, 0.29) is 6.42 Å². The van der Waals surface area contributed by atoms with Gasteiger partial charge in [-0.2, -0.15) is 0 Å². The summed E-state index contributed by atoms with van der Waals surface area (Å²) in [4.78, 5) is 23.9. The van der Waals surface area contributed by atoms with Crippen LogP contribution in [0.2, 0.25) is 0 Å². The zero-order valence-electron chi connectivity index (χ0n) is 12.3. The van der Waals surface area contributed by atoms with Crippen LogP contribution in [0.25, 0.3) is 0 Å². The van der Waals surface area contributed by atoms with Crippen LogP contribution in [-0.4, -0.2) is 22.7 Å². The molecule has 2 N–H and O–H groups in total. The molecule has 5 heteroatoms. The normalized spacial score (nSPS) is 22.0. The molecule has 2 rings (SSSR count). The molecule has 4 nitrogen and oxygen atoms in total. The van der Waals surface area contributed by atoms with Gasteiger partial charge in [0, 0.05) is 0 Å². The molecular formula is C16H20FNO3. The minimum atomic E-state index is -2.12. The molecule has 21 heavy (non-hydrogen) atoms. The Morgan fingerprint density at radius 3 is 2.57 bits per heavy atom. The topological polar surface area (TPSA) is 66.4 Å². The lowest BCUT2D eigenvalue weighted by atomic mass is 9.83.